The minimum Gasteiger partial charge on any atom is -0.273 e. The average Bonchev–Trinajstić information content (AvgIpc) is 2.75. The fourth-order valence-corrected chi connectivity index (χ4v) is 2.58. The highest BCUT2D eigenvalue weighted by atomic mass is 32.2. The Hall–Kier alpha value is -1.66. The predicted molar refractivity (Wildman–Crippen MR) is 71.2 cm³/mol. The molecule has 2 aromatic rings. The third-order valence-electron chi connectivity index (χ3n) is 2.83. The highest BCUT2D eigenvalue weighted by molar-refractivity contribution is 7.86. The van der Waals surface area contributed by atoms with Crippen LogP contribution in [0.3, 0.4) is 0 Å². The van der Waals surface area contributed by atoms with E-state index >= 15 is 0 Å². The first-order chi connectivity index (χ1) is 8.99. The average molecular weight is 280 g/mol. The van der Waals surface area contributed by atoms with E-state index in [2.05, 4.69) is 5.10 Å². The summed E-state index contributed by atoms with van der Waals surface area (Å²) in [6, 6.07) is 8.43. The first-order valence-corrected chi connectivity index (χ1v) is 7.33. The van der Waals surface area contributed by atoms with Crippen molar-refractivity contribution in [3.63, 3.8) is 0 Å². The highest BCUT2D eigenvalue weighted by Gasteiger charge is 2.14. The van der Waals surface area contributed by atoms with Crippen molar-refractivity contribution < 1.29 is 12.6 Å². The van der Waals surface area contributed by atoms with E-state index in [1.54, 1.807) is 35.1 Å². The molecule has 0 aliphatic carbocycles. The van der Waals surface area contributed by atoms with E-state index in [0.717, 1.165) is 11.3 Å². The quantitative estimate of drug-likeness (QED) is 0.782. The summed E-state index contributed by atoms with van der Waals surface area (Å²) in [5.41, 5.74) is 1.94. The standard InChI is InChI=1S/C13H16N2O3S/c1-11-3-5-13(6-4-11)19(16,17)18-10-8-12-7-9-14-15(12)2/h3-7,9H,8,10H2,1-2H3. The molecule has 0 N–H and O–H groups in total. The molecule has 102 valence electrons. The highest BCUT2D eigenvalue weighted by Crippen LogP contribution is 2.13. The SMILES string of the molecule is Cc1ccc(S(=O)(=O)OCCc2ccnn2C)cc1. The monoisotopic (exact) mass is 280 g/mol. The van der Waals surface area contributed by atoms with E-state index in [9.17, 15) is 8.42 Å². The molecule has 0 spiro atoms. The fourth-order valence-electron chi connectivity index (χ4n) is 1.68. The van der Waals surface area contributed by atoms with E-state index in [-0.39, 0.29) is 11.5 Å². The number of benzene rings is 1. The van der Waals surface area contributed by atoms with Crippen LogP contribution in [0, 0.1) is 6.92 Å². The summed E-state index contributed by atoms with van der Waals surface area (Å²) < 4.78 is 30.5. The largest absolute Gasteiger partial charge is 0.296 e. The molecule has 0 fully saturated rings. The molecule has 1 aromatic heterocycles. The lowest BCUT2D eigenvalue weighted by Gasteiger charge is -2.06. The summed E-state index contributed by atoms with van der Waals surface area (Å²) in [6.45, 7) is 2.01. The Bertz CT molecular complexity index is 645. The zero-order valence-electron chi connectivity index (χ0n) is 10.9. The number of rotatable bonds is 5. The van der Waals surface area contributed by atoms with Crippen LogP contribution in [-0.2, 0) is 27.8 Å². The summed E-state index contributed by atoms with van der Waals surface area (Å²) in [6.07, 6.45) is 2.17. The number of aromatic nitrogens is 2. The van der Waals surface area contributed by atoms with Crippen molar-refractivity contribution in [2.75, 3.05) is 6.61 Å². The maximum Gasteiger partial charge on any atom is 0.296 e. The van der Waals surface area contributed by atoms with Crippen molar-refractivity contribution in [3.05, 3.63) is 47.8 Å². The van der Waals surface area contributed by atoms with Crippen molar-refractivity contribution in [2.24, 2.45) is 7.05 Å². The molecule has 6 heteroatoms. The maximum atomic E-state index is 11.9. The predicted octanol–water partition coefficient (Wildman–Crippen LogP) is 1.68. The molecule has 0 radical (unpaired) electrons. The zero-order valence-corrected chi connectivity index (χ0v) is 11.7. The Balaban J connectivity index is 1.98. The van der Waals surface area contributed by atoms with Crippen LogP contribution in [0.2, 0.25) is 0 Å². The smallest absolute Gasteiger partial charge is 0.273 e. The van der Waals surface area contributed by atoms with Crippen molar-refractivity contribution in [2.45, 2.75) is 18.2 Å². The van der Waals surface area contributed by atoms with Gasteiger partial charge < -0.3 is 0 Å². The minimum atomic E-state index is -3.67. The third-order valence-corrected chi connectivity index (χ3v) is 4.16. The van der Waals surface area contributed by atoms with E-state index in [0.29, 0.717) is 6.42 Å². The molecule has 0 atom stereocenters. The van der Waals surface area contributed by atoms with Crippen LogP contribution in [0.5, 0.6) is 0 Å². The van der Waals surface area contributed by atoms with Gasteiger partial charge in [0.1, 0.15) is 0 Å². The minimum absolute atomic E-state index is 0.107. The zero-order chi connectivity index (χ0) is 13.9. The van der Waals surface area contributed by atoms with Crippen molar-refractivity contribution in [1.82, 2.24) is 9.78 Å². The number of nitrogens with zero attached hydrogens (tertiary/aromatic N) is 2. The van der Waals surface area contributed by atoms with E-state index < -0.39 is 10.1 Å². The van der Waals surface area contributed by atoms with Crippen LogP contribution in [0.1, 0.15) is 11.3 Å². The topological polar surface area (TPSA) is 61.2 Å². The summed E-state index contributed by atoms with van der Waals surface area (Å²) in [7, 11) is -1.86. The van der Waals surface area contributed by atoms with Gasteiger partial charge in [0.15, 0.2) is 0 Å². The lowest BCUT2D eigenvalue weighted by molar-refractivity contribution is 0.319. The Morgan fingerprint density at radius 2 is 1.89 bits per heavy atom. The molecule has 1 heterocycles. The fraction of sp³-hybridized carbons (Fsp3) is 0.308. The summed E-state index contributed by atoms with van der Waals surface area (Å²) in [4.78, 5) is 0.183. The Morgan fingerprint density at radius 3 is 2.47 bits per heavy atom. The van der Waals surface area contributed by atoms with Crippen molar-refractivity contribution in [1.29, 1.82) is 0 Å². The normalized spacial score (nSPS) is 11.7. The van der Waals surface area contributed by atoms with Gasteiger partial charge in [-0.3, -0.25) is 8.86 Å². The van der Waals surface area contributed by atoms with E-state index in [1.807, 2.05) is 20.0 Å². The molecule has 5 nitrogen and oxygen atoms in total. The van der Waals surface area contributed by atoms with Gasteiger partial charge in [0, 0.05) is 25.4 Å². The van der Waals surface area contributed by atoms with Gasteiger partial charge in [-0.1, -0.05) is 17.7 Å². The second-order valence-corrected chi connectivity index (χ2v) is 5.90. The summed E-state index contributed by atoms with van der Waals surface area (Å²) in [5.74, 6) is 0. The Morgan fingerprint density at radius 1 is 1.21 bits per heavy atom. The summed E-state index contributed by atoms with van der Waals surface area (Å²) in [5, 5.41) is 4.01. The van der Waals surface area contributed by atoms with Crippen LogP contribution in [0.4, 0.5) is 0 Å². The molecular formula is C13H16N2O3S. The van der Waals surface area contributed by atoms with Crippen LogP contribution in [-0.4, -0.2) is 24.8 Å². The molecule has 19 heavy (non-hydrogen) atoms. The van der Waals surface area contributed by atoms with Gasteiger partial charge in [-0.05, 0) is 25.1 Å². The van der Waals surface area contributed by atoms with Gasteiger partial charge in [-0.25, -0.2) is 0 Å². The summed E-state index contributed by atoms with van der Waals surface area (Å²) >= 11 is 0. The van der Waals surface area contributed by atoms with Gasteiger partial charge in [-0.2, -0.15) is 13.5 Å². The molecule has 0 aliphatic rings. The lowest BCUT2D eigenvalue weighted by atomic mass is 10.2. The molecule has 0 unspecified atom stereocenters. The van der Waals surface area contributed by atoms with Gasteiger partial charge in [0.25, 0.3) is 10.1 Å². The lowest BCUT2D eigenvalue weighted by Crippen LogP contribution is -2.10. The molecule has 0 aliphatic heterocycles. The first kappa shape index (κ1) is 13.8. The van der Waals surface area contributed by atoms with Gasteiger partial charge in [0.05, 0.1) is 11.5 Å². The van der Waals surface area contributed by atoms with E-state index in [4.69, 9.17) is 4.18 Å². The first-order valence-electron chi connectivity index (χ1n) is 5.92. The maximum absolute atomic E-state index is 11.9. The van der Waals surface area contributed by atoms with Crippen LogP contribution in [0.25, 0.3) is 0 Å². The molecule has 0 saturated carbocycles. The molecule has 0 saturated heterocycles. The molecule has 0 amide bonds. The van der Waals surface area contributed by atoms with Crippen LogP contribution in [0.15, 0.2) is 41.4 Å². The third kappa shape index (κ3) is 3.42. The van der Waals surface area contributed by atoms with Crippen molar-refractivity contribution in [3.8, 4) is 0 Å². The van der Waals surface area contributed by atoms with Gasteiger partial charge >= 0.3 is 0 Å². The van der Waals surface area contributed by atoms with E-state index in [1.165, 1.54) is 0 Å². The van der Waals surface area contributed by atoms with Gasteiger partial charge in [0.2, 0.25) is 0 Å². The Kier molecular flexibility index (Phi) is 4.01. The Labute approximate surface area is 113 Å². The second-order valence-electron chi connectivity index (χ2n) is 4.29. The number of aryl methyl sites for hydroxylation is 2. The van der Waals surface area contributed by atoms with Gasteiger partial charge in [-0.15, -0.1) is 0 Å². The molecule has 1 aromatic carbocycles. The number of hydrogen-bond acceptors (Lipinski definition) is 4. The number of hydrogen-bond donors (Lipinski definition) is 0. The molecule has 2 rings (SSSR count). The van der Waals surface area contributed by atoms with Crippen LogP contribution < -0.4 is 0 Å². The van der Waals surface area contributed by atoms with Crippen LogP contribution >= 0.6 is 0 Å². The molecular weight excluding hydrogens is 264 g/mol. The second kappa shape index (κ2) is 5.54. The molecule has 0 bridgehead atoms. The van der Waals surface area contributed by atoms with Crippen molar-refractivity contribution >= 4 is 10.1 Å².